The van der Waals surface area contributed by atoms with Crippen molar-refractivity contribution in [3.8, 4) is 11.3 Å². The predicted octanol–water partition coefficient (Wildman–Crippen LogP) is 1.38. The lowest BCUT2D eigenvalue weighted by atomic mass is 10.1. The topological polar surface area (TPSA) is 69.6 Å². The van der Waals surface area contributed by atoms with Crippen molar-refractivity contribution in [1.29, 1.82) is 0 Å². The summed E-state index contributed by atoms with van der Waals surface area (Å²) in [6.45, 7) is 5.89. The fourth-order valence-corrected chi connectivity index (χ4v) is 1.86. The summed E-state index contributed by atoms with van der Waals surface area (Å²) in [4.78, 5) is 8.32. The Labute approximate surface area is 94.3 Å². The van der Waals surface area contributed by atoms with Gasteiger partial charge in [0.15, 0.2) is 0 Å². The Hall–Kier alpha value is -1.91. The summed E-state index contributed by atoms with van der Waals surface area (Å²) in [5, 5.41) is 4.36. The fraction of sp³-hybridized carbons (Fsp3) is 0.364. The minimum absolute atomic E-state index is 0.303. The molecular weight excluding hydrogens is 202 g/mol. The maximum absolute atomic E-state index is 5.65. The molecule has 2 aromatic rings. The Morgan fingerprint density at radius 1 is 1.19 bits per heavy atom. The monoisotopic (exact) mass is 217 g/mol. The van der Waals surface area contributed by atoms with Gasteiger partial charge in [0.25, 0.3) is 0 Å². The number of rotatable bonds is 1. The van der Waals surface area contributed by atoms with Gasteiger partial charge in [-0.05, 0) is 26.8 Å². The highest BCUT2D eigenvalue weighted by molar-refractivity contribution is 5.65. The number of aromatic nitrogens is 4. The molecule has 5 heteroatoms. The number of hydrogen-bond donors (Lipinski definition) is 1. The van der Waals surface area contributed by atoms with E-state index in [0.717, 1.165) is 28.3 Å². The van der Waals surface area contributed by atoms with Crippen LogP contribution in [0.1, 0.15) is 17.1 Å². The second kappa shape index (κ2) is 3.59. The van der Waals surface area contributed by atoms with Crippen LogP contribution >= 0.6 is 0 Å². The zero-order valence-corrected chi connectivity index (χ0v) is 9.94. The van der Waals surface area contributed by atoms with Crippen molar-refractivity contribution in [3.63, 3.8) is 0 Å². The van der Waals surface area contributed by atoms with Crippen molar-refractivity contribution < 1.29 is 0 Å². The van der Waals surface area contributed by atoms with E-state index in [1.165, 1.54) is 0 Å². The number of nitrogens with zero attached hydrogens (tertiary/aromatic N) is 4. The van der Waals surface area contributed by atoms with Crippen LogP contribution in [-0.4, -0.2) is 19.7 Å². The molecular formula is C11H15N5. The van der Waals surface area contributed by atoms with Crippen LogP contribution in [0.3, 0.4) is 0 Å². The minimum Gasteiger partial charge on any atom is -0.368 e. The third-order valence-electron chi connectivity index (χ3n) is 2.64. The standard InChI is InChI=1S/C11H15N5/c1-6-5-9(14-11(12)13-6)10-7(2)15-16(4)8(10)3/h5H,1-4H3,(H2,12,13,14). The van der Waals surface area contributed by atoms with Crippen molar-refractivity contribution in [2.45, 2.75) is 20.8 Å². The number of nitrogen functional groups attached to an aromatic ring is 1. The molecule has 2 aromatic heterocycles. The Morgan fingerprint density at radius 3 is 2.38 bits per heavy atom. The molecule has 0 fully saturated rings. The Kier molecular flexibility index (Phi) is 2.38. The van der Waals surface area contributed by atoms with Gasteiger partial charge in [-0.2, -0.15) is 5.10 Å². The Balaban J connectivity index is 2.67. The molecule has 16 heavy (non-hydrogen) atoms. The van der Waals surface area contributed by atoms with Gasteiger partial charge in [-0.1, -0.05) is 0 Å². The number of hydrogen-bond acceptors (Lipinski definition) is 4. The summed E-state index contributed by atoms with van der Waals surface area (Å²) in [5.41, 5.74) is 10.4. The molecule has 0 aliphatic heterocycles. The molecule has 2 heterocycles. The summed E-state index contributed by atoms with van der Waals surface area (Å²) >= 11 is 0. The largest absolute Gasteiger partial charge is 0.368 e. The van der Waals surface area contributed by atoms with E-state index in [0.29, 0.717) is 5.95 Å². The van der Waals surface area contributed by atoms with Gasteiger partial charge in [0.05, 0.1) is 11.4 Å². The predicted molar refractivity (Wildman–Crippen MR) is 62.9 cm³/mol. The highest BCUT2D eigenvalue weighted by Gasteiger charge is 2.13. The molecule has 0 unspecified atom stereocenters. The summed E-state index contributed by atoms with van der Waals surface area (Å²) in [6, 6.07) is 1.92. The highest BCUT2D eigenvalue weighted by atomic mass is 15.3. The van der Waals surface area contributed by atoms with Crippen LogP contribution in [0.5, 0.6) is 0 Å². The van der Waals surface area contributed by atoms with Gasteiger partial charge in [0, 0.05) is 24.0 Å². The third kappa shape index (κ3) is 1.64. The molecule has 0 amide bonds. The maximum Gasteiger partial charge on any atom is 0.220 e. The van der Waals surface area contributed by atoms with E-state index in [1.54, 1.807) is 0 Å². The van der Waals surface area contributed by atoms with Crippen molar-refractivity contribution in [1.82, 2.24) is 19.7 Å². The molecule has 0 saturated heterocycles. The van der Waals surface area contributed by atoms with Gasteiger partial charge in [-0.3, -0.25) is 4.68 Å². The SMILES string of the molecule is Cc1cc(-c2c(C)nn(C)c2C)nc(N)n1. The second-order valence-corrected chi connectivity index (χ2v) is 3.92. The zero-order chi connectivity index (χ0) is 11.9. The quantitative estimate of drug-likeness (QED) is 0.783. The van der Waals surface area contributed by atoms with E-state index < -0.39 is 0 Å². The van der Waals surface area contributed by atoms with Gasteiger partial charge in [0.1, 0.15) is 0 Å². The maximum atomic E-state index is 5.65. The van der Waals surface area contributed by atoms with E-state index in [9.17, 15) is 0 Å². The van der Waals surface area contributed by atoms with Crippen LogP contribution in [0.2, 0.25) is 0 Å². The van der Waals surface area contributed by atoms with Gasteiger partial charge < -0.3 is 5.73 Å². The van der Waals surface area contributed by atoms with Gasteiger partial charge in [0.2, 0.25) is 5.95 Å². The summed E-state index contributed by atoms with van der Waals surface area (Å²) in [6.07, 6.45) is 0. The molecule has 0 saturated carbocycles. The summed E-state index contributed by atoms with van der Waals surface area (Å²) < 4.78 is 1.85. The molecule has 2 N–H and O–H groups in total. The first-order valence-electron chi connectivity index (χ1n) is 5.10. The molecule has 0 spiro atoms. The van der Waals surface area contributed by atoms with E-state index in [2.05, 4.69) is 15.1 Å². The lowest BCUT2D eigenvalue weighted by Gasteiger charge is -2.03. The lowest BCUT2D eigenvalue weighted by Crippen LogP contribution is -1.99. The van der Waals surface area contributed by atoms with E-state index in [-0.39, 0.29) is 0 Å². The van der Waals surface area contributed by atoms with Crippen molar-refractivity contribution >= 4 is 5.95 Å². The summed E-state index contributed by atoms with van der Waals surface area (Å²) in [7, 11) is 1.92. The van der Waals surface area contributed by atoms with Crippen LogP contribution in [0.25, 0.3) is 11.3 Å². The van der Waals surface area contributed by atoms with Crippen LogP contribution in [-0.2, 0) is 7.05 Å². The molecule has 0 aliphatic rings. The molecule has 0 aromatic carbocycles. The molecule has 0 aliphatic carbocycles. The average Bonchev–Trinajstić information content (AvgIpc) is 2.39. The van der Waals surface area contributed by atoms with Crippen molar-refractivity contribution in [2.24, 2.45) is 7.05 Å². The number of anilines is 1. The lowest BCUT2D eigenvalue weighted by molar-refractivity contribution is 0.731. The first-order chi connectivity index (χ1) is 7.49. The van der Waals surface area contributed by atoms with Crippen molar-refractivity contribution in [3.05, 3.63) is 23.1 Å². The first-order valence-corrected chi connectivity index (χ1v) is 5.10. The van der Waals surface area contributed by atoms with Crippen LogP contribution < -0.4 is 5.73 Å². The van der Waals surface area contributed by atoms with E-state index >= 15 is 0 Å². The highest BCUT2D eigenvalue weighted by Crippen LogP contribution is 2.25. The second-order valence-electron chi connectivity index (χ2n) is 3.92. The van der Waals surface area contributed by atoms with E-state index in [1.807, 2.05) is 38.6 Å². The van der Waals surface area contributed by atoms with Crippen molar-refractivity contribution in [2.75, 3.05) is 5.73 Å². The Morgan fingerprint density at radius 2 is 1.88 bits per heavy atom. The fourth-order valence-electron chi connectivity index (χ4n) is 1.86. The van der Waals surface area contributed by atoms with Crippen LogP contribution in [0, 0.1) is 20.8 Å². The van der Waals surface area contributed by atoms with Gasteiger partial charge >= 0.3 is 0 Å². The first kappa shape index (κ1) is 10.6. The summed E-state index contributed by atoms with van der Waals surface area (Å²) in [5.74, 6) is 0.303. The number of nitrogens with two attached hydrogens (primary N) is 1. The van der Waals surface area contributed by atoms with Crippen LogP contribution in [0.15, 0.2) is 6.07 Å². The number of aryl methyl sites for hydroxylation is 3. The molecule has 2 rings (SSSR count). The Bertz CT molecular complexity index is 521. The minimum atomic E-state index is 0.303. The molecule has 0 radical (unpaired) electrons. The van der Waals surface area contributed by atoms with Crippen LogP contribution in [0.4, 0.5) is 5.95 Å². The van der Waals surface area contributed by atoms with Gasteiger partial charge in [-0.15, -0.1) is 0 Å². The normalized spacial score (nSPS) is 10.8. The average molecular weight is 217 g/mol. The molecule has 5 nitrogen and oxygen atoms in total. The van der Waals surface area contributed by atoms with Gasteiger partial charge in [-0.25, -0.2) is 9.97 Å². The third-order valence-corrected chi connectivity index (χ3v) is 2.64. The molecule has 84 valence electrons. The molecule has 0 bridgehead atoms. The molecule has 0 atom stereocenters. The van der Waals surface area contributed by atoms with E-state index in [4.69, 9.17) is 5.73 Å². The zero-order valence-electron chi connectivity index (χ0n) is 9.94. The smallest absolute Gasteiger partial charge is 0.220 e.